The summed E-state index contributed by atoms with van der Waals surface area (Å²) in [5.41, 5.74) is 4.76. The molecule has 5 rings (SSSR count). The number of halogens is 1. The van der Waals surface area contributed by atoms with Crippen molar-refractivity contribution in [2.24, 2.45) is 5.10 Å². The topological polar surface area (TPSA) is 76.6 Å². The van der Waals surface area contributed by atoms with E-state index in [-0.39, 0.29) is 17.9 Å². The Hall–Kier alpha value is -4.16. The number of rotatable bonds is 5. The van der Waals surface area contributed by atoms with Crippen molar-refractivity contribution in [1.82, 2.24) is 9.99 Å². The first-order chi connectivity index (χ1) is 16.1. The Kier molecular flexibility index (Phi) is 5.50. The van der Waals surface area contributed by atoms with Gasteiger partial charge in [0.15, 0.2) is 5.43 Å². The number of fused-ring (bicyclic) bond motifs is 2. The molecule has 0 bridgehead atoms. The zero-order chi connectivity index (χ0) is 22.8. The third-order valence-electron chi connectivity index (χ3n) is 5.32. The van der Waals surface area contributed by atoms with Crippen molar-refractivity contribution in [3.8, 4) is 11.3 Å². The highest BCUT2D eigenvalue weighted by Gasteiger charge is 2.12. The van der Waals surface area contributed by atoms with E-state index in [9.17, 15) is 9.59 Å². The average Bonchev–Trinajstić information content (AvgIpc) is 3.31. The van der Waals surface area contributed by atoms with Crippen molar-refractivity contribution in [1.29, 1.82) is 0 Å². The Balaban J connectivity index is 1.36. The highest BCUT2D eigenvalue weighted by atomic mass is 35.5. The van der Waals surface area contributed by atoms with Gasteiger partial charge in [0.05, 0.1) is 17.2 Å². The molecule has 1 amide bonds. The van der Waals surface area contributed by atoms with Gasteiger partial charge in [-0.1, -0.05) is 35.9 Å². The van der Waals surface area contributed by atoms with Gasteiger partial charge in [-0.15, -0.1) is 0 Å². The number of para-hydroxylation sites is 2. The number of amides is 1. The number of nitrogens with one attached hydrogen (secondary N) is 1. The van der Waals surface area contributed by atoms with Gasteiger partial charge in [0.1, 0.15) is 18.1 Å². The second-order valence-corrected chi connectivity index (χ2v) is 7.89. The van der Waals surface area contributed by atoms with E-state index >= 15 is 0 Å². The molecular formula is C26H18ClN3O3. The largest absolute Gasteiger partial charge is 0.455 e. The van der Waals surface area contributed by atoms with Gasteiger partial charge in [0.2, 0.25) is 0 Å². The number of hydrogen-bond acceptors (Lipinski definition) is 4. The summed E-state index contributed by atoms with van der Waals surface area (Å²) in [4.78, 5) is 25.5. The standard InChI is InChI=1S/C26H18ClN3O3/c27-18-11-9-17(10-12-18)24-14-13-19(33-24)15-28-29-25(31)16-30-22-7-3-1-5-20(22)26(32)21-6-2-4-8-23(21)30/h1-15H,16H2,(H,29,31)/b28-15-. The number of carbonyl (C=O) groups excluding carboxylic acids is 1. The molecule has 1 N–H and O–H groups in total. The zero-order valence-corrected chi connectivity index (χ0v) is 18.1. The molecule has 2 heterocycles. The molecule has 2 aromatic heterocycles. The predicted molar refractivity (Wildman–Crippen MR) is 131 cm³/mol. The van der Waals surface area contributed by atoms with Gasteiger partial charge >= 0.3 is 0 Å². The quantitative estimate of drug-likeness (QED) is 0.224. The summed E-state index contributed by atoms with van der Waals surface area (Å²) in [7, 11) is 0. The third-order valence-corrected chi connectivity index (χ3v) is 5.57. The lowest BCUT2D eigenvalue weighted by molar-refractivity contribution is -0.121. The number of nitrogens with zero attached hydrogens (tertiary/aromatic N) is 2. The molecule has 0 aliphatic rings. The maximum Gasteiger partial charge on any atom is 0.260 e. The number of furan rings is 1. The monoisotopic (exact) mass is 455 g/mol. The summed E-state index contributed by atoms with van der Waals surface area (Å²) in [6, 6.07) is 25.4. The fraction of sp³-hybridized carbons (Fsp3) is 0.0385. The number of carbonyl (C=O) groups is 1. The second-order valence-electron chi connectivity index (χ2n) is 7.45. The minimum absolute atomic E-state index is 0.00677. The SMILES string of the molecule is O=C(Cn1c2ccccc2c(=O)c2ccccc21)N/N=C\c1ccc(-c2ccc(Cl)cc2)o1. The first-order valence-corrected chi connectivity index (χ1v) is 10.7. The molecule has 7 heteroatoms. The van der Waals surface area contributed by atoms with E-state index in [1.807, 2.05) is 59.2 Å². The first-order valence-electron chi connectivity index (χ1n) is 10.3. The van der Waals surface area contributed by atoms with E-state index in [0.717, 1.165) is 5.56 Å². The first kappa shape index (κ1) is 20.7. The molecule has 0 saturated carbocycles. The molecule has 0 spiro atoms. The number of pyridine rings is 1. The Morgan fingerprint density at radius 2 is 1.55 bits per heavy atom. The molecule has 0 saturated heterocycles. The lowest BCUT2D eigenvalue weighted by atomic mass is 10.1. The molecule has 0 atom stereocenters. The van der Waals surface area contributed by atoms with Crippen LogP contribution in [-0.4, -0.2) is 16.7 Å². The smallest absolute Gasteiger partial charge is 0.260 e. The molecule has 0 fully saturated rings. The lowest BCUT2D eigenvalue weighted by Gasteiger charge is -2.14. The van der Waals surface area contributed by atoms with Gasteiger partial charge in [-0.3, -0.25) is 9.59 Å². The molecule has 0 radical (unpaired) electrons. The maximum atomic E-state index is 12.8. The fourth-order valence-electron chi connectivity index (χ4n) is 3.79. The summed E-state index contributed by atoms with van der Waals surface area (Å²) >= 11 is 5.92. The van der Waals surface area contributed by atoms with Crippen LogP contribution in [-0.2, 0) is 11.3 Å². The van der Waals surface area contributed by atoms with Crippen LogP contribution >= 0.6 is 11.6 Å². The Morgan fingerprint density at radius 3 is 2.21 bits per heavy atom. The Morgan fingerprint density at radius 1 is 0.909 bits per heavy atom. The summed E-state index contributed by atoms with van der Waals surface area (Å²) in [6.07, 6.45) is 1.44. The summed E-state index contributed by atoms with van der Waals surface area (Å²) in [5.74, 6) is 0.847. The zero-order valence-electron chi connectivity index (χ0n) is 17.4. The van der Waals surface area contributed by atoms with E-state index in [1.165, 1.54) is 6.21 Å². The van der Waals surface area contributed by atoms with Crippen LogP contribution in [0.1, 0.15) is 5.76 Å². The van der Waals surface area contributed by atoms with E-state index < -0.39 is 0 Å². The molecule has 33 heavy (non-hydrogen) atoms. The van der Waals surface area contributed by atoms with Gasteiger partial charge in [0.25, 0.3) is 5.91 Å². The number of aromatic nitrogens is 1. The third kappa shape index (κ3) is 4.16. The fourth-order valence-corrected chi connectivity index (χ4v) is 3.91. The van der Waals surface area contributed by atoms with Crippen LogP contribution in [0.4, 0.5) is 0 Å². The van der Waals surface area contributed by atoms with E-state index in [4.69, 9.17) is 16.0 Å². The van der Waals surface area contributed by atoms with Crippen molar-refractivity contribution in [3.05, 3.63) is 106 Å². The van der Waals surface area contributed by atoms with Gasteiger partial charge in [-0.25, -0.2) is 5.43 Å². The minimum atomic E-state index is -0.324. The summed E-state index contributed by atoms with van der Waals surface area (Å²) in [5, 5.41) is 5.81. The van der Waals surface area contributed by atoms with Crippen molar-refractivity contribution in [3.63, 3.8) is 0 Å². The van der Waals surface area contributed by atoms with Crippen LogP contribution in [0.5, 0.6) is 0 Å². The second kappa shape index (κ2) is 8.76. The molecule has 162 valence electrons. The number of hydrogen-bond donors (Lipinski definition) is 1. The summed E-state index contributed by atoms with van der Waals surface area (Å²) < 4.78 is 7.58. The molecule has 0 aliphatic heterocycles. The van der Waals surface area contributed by atoms with Crippen LogP contribution in [0, 0.1) is 0 Å². The molecular weight excluding hydrogens is 438 g/mol. The normalized spacial score (nSPS) is 11.4. The van der Waals surface area contributed by atoms with Crippen molar-refractivity contribution < 1.29 is 9.21 Å². The van der Waals surface area contributed by atoms with Crippen molar-refractivity contribution in [2.45, 2.75) is 6.54 Å². The van der Waals surface area contributed by atoms with Crippen molar-refractivity contribution in [2.75, 3.05) is 0 Å². The van der Waals surface area contributed by atoms with Crippen LogP contribution in [0.3, 0.4) is 0 Å². The molecule has 0 unspecified atom stereocenters. The summed E-state index contributed by atoms with van der Waals surface area (Å²) in [6.45, 7) is 0.00677. The van der Waals surface area contributed by atoms with Gasteiger partial charge < -0.3 is 8.98 Å². The molecule has 3 aromatic carbocycles. The van der Waals surface area contributed by atoms with E-state index in [1.54, 1.807) is 30.3 Å². The van der Waals surface area contributed by atoms with Crippen LogP contribution < -0.4 is 10.9 Å². The maximum absolute atomic E-state index is 12.8. The number of hydrazone groups is 1. The highest BCUT2D eigenvalue weighted by Crippen LogP contribution is 2.23. The van der Waals surface area contributed by atoms with Gasteiger partial charge in [0, 0.05) is 21.4 Å². The van der Waals surface area contributed by atoms with E-state index in [0.29, 0.717) is 38.3 Å². The molecule has 5 aromatic rings. The molecule has 6 nitrogen and oxygen atoms in total. The lowest BCUT2D eigenvalue weighted by Crippen LogP contribution is -2.25. The Bertz CT molecular complexity index is 1510. The minimum Gasteiger partial charge on any atom is -0.455 e. The van der Waals surface area contributed by atoms with Crippen molar-refractivity contribution >= 4 is 45.5 Å². The van der Waals surface area contributed by atoms with Gasteiger partial charge in [-0.2, -0.15) is 5.10 Å². The highest BCUT2D eigenvalue weighted by molar-refractivity contribution is 6.30. The number of benzene rings is 3. The van der Waals surface area contributed by atoms with E-state index in [2.05, 4.69) is 10.5 Å². The average molecular weight is 456 g/mol. The van der Waals surface area contributed by atoms with Crippen LogP contribution in [0.2, 0.25) is 5.02 Å². The van der Waals surface area contributed by atoms with Crippen LogP contribution in [0.15, 0.2) is 99.2 Å². The van der Waals surface area contributed by atoms with Crippen LogP contribution in [0.25, 0.3) is 33.1 Å². The Labute approximate surface area is 193 Å². The predicted octanol–water partition coefficient (Wildman–Crippen LogP) is 5.22. The van der Waals surface area contributed by atoms with Gasteiger partial charge in [-0.05, 0) is 60.7 Å². The molecule has 0 aliphatic carbocycles.